The summed E-state index contributed by atoms with van der Waals surface area (Å²) < 4.78 is 5.95. The van der Waals surface area contributed by atoms with Gasteiger partial charge in [0.1, 0.15) is 5.58 Å². The second kappa shape index (κ2) is 6.99. The quantitative estimate of drug-likeness (QED) is 0.686. The van der Waals surface area contributed by atoms with E-state index in [0.717, 1.165) is 30.4 Å². The smallest absolute Gasteiger partial charge is 0.290 e. The van der Waals surface area contributed by atoms with Crippen LogP contribution in [0.1, 0.15) is 60.0 Å². The lowest BCUT2D eigenvalue weighted by Crippen LogP contribution is -2.30. The number of aromatic nitrogens is 1. The number of hydrogen-bond acceptors (Lipinski definition) is 4. The molecule has 0 bridgehead atoms. The molecule has 0 spiro atoms. The van der Waals surface area contributed by atoms with Gasteiger partial charge in [0.15, 0.2) is 5.43 Å². The third kappa shape index (κ3) is 2.83. The number of nitrogens with zero attached hydrogens (tertiary/aromatic N) is 2. The number of rotatable bonds is 5. The van der Waals surface area contributed by atoms with Crippen LogP contribution in [0.3, 0.4) is 0 Å². The van der Waals surface area contributed by atoms with Crippen LogP contribution in [0.5, 0.6) is 0 Å². The van der Waals surface area contributed by atoms with E-state index in [-0.39, 0.29) is 17.1 Å². The van der Waals surface area contributed by atoms with Crippen molar-refractivity contribution in [3.05, 3.63) is 75.4 Å². The second-order valence-corrected chi connectivity index (χ2v) is 6.90. The summed E-state index contributed by atoms with van der Waals surface area (Å²) in [4.78, 5) is 32.4. The molecule has 1 aromatic carbocycles. The predicted molar refractivity (Wildman–Crippen MR) is 104 cm³/mol. The van der Waals surface area contributed by atoms with E-state index in [1.807, 2.05) is 31.2 Å². The van der Waals surface area contributed by atoms with E-state index in [9.17, 15) is 9.59 Å². The van der Waals surface area contributed by atoms with Crippen LogP contribution in [0.25, 0.3) is 11.0 Å². The summed E-state index contributed by atoms with van der Waals surface area (Å²) in [5.74, 6) is -0.0485. The van der Waals surface area contributed by atoms with Crippen molar-refractivity contribution in [2.24, 2.45) is 0 Å². The molecule has 1 atom stereocenters. The van der Waals surface area contributed by atoms with Gasteiger partial charge in [-0.3, -0.25) is 14.6 Å². The average Bonchev–Trinajstić information content (AvgIpc) is 2.99. The first-order valence-electron chi connectivity index (χ1n) is 9.46. The molecule has 138 valence electrons. The Hall–Kier alpha value is -2.95. The number of aryl methyl sites for hydroxylation is 1. The number of hydrogen-bond donors (Lipinski definition) is 0. The van der Waals surface area contributed by atoms with Crippen LogP contribution in [0.4, 0.5) is 0 Å². The van der Waals surface area contributed by atoms with Gasteiger partial charge < -0.3 is 9.32 Å². The van der Waals surface area contributed by atoms with E-state index in [2.05, 4.69) is 11.9 Å². The minimum atomic E-state index is -0.446. The second-order valence-electron chi connectivity index (χ2n) is 6.90. The van der Waals surface area contributed by atoms with Crippen molar-refractivity contribution in [3.8, 4) is 0 Å². The summed E-state index contributed by atoms with van der Waals surface area (Å²) in [7, 11) is 0. The van der Waals surface area contributed by atoms with E-state index in [1.54, 1.807) is 23.4 Å². The van der Waals surface area contributed by atoms with Gasteiger partial charge in [-0.15, -0.1) is 0 Å². The van der Waals surface area contributed by atoms with Crippen molar-refractivity contribution in [2.45, 2.75) is 39.2 Å². The maximum atomic E-state index is 13.4. The highest BCUT2D eigenvalue weighted by atomic mass is 16.3. The van der Waals surface area contributed by atoms with E-state index in [4.69, 9.17) is 4.42 Å². The third-order valence-electron chi connectivity index (χ3n) is 5.19. The molecule has 5 nitrogen and oxygen atoms in total. The van der Waals surface area contributed by atoms with E-state index in [1.165, 1.54) is 0 Å². The Morgan fingerprint density at radius 1 is 1.19 bits per heavy atom. The van der Waals surface area contributed by atoms with Crippen molar-refractivity contribution < 1.29 is 9.21 Å². The lowest BCUT2D eigenvalue weighted by atomic mass is 9.99. The summed E-state index contributed by atoms with van der Waals surface area (Å²) in [5.41, 5.74) is 2.68. The molecular formula is C22H22N2O3. The van der Waals surface area contributed by atoms with Gasteiger partial charge in [0.2, 0.25) is 5.76 Å². The standard InChI is InChI=1S/C22H22N2O3/c1-3-5-11-24-19(15-7-6-10-23-13-15)18-20(25)16-12-14(4-2)8-9-17(16)27-21(18)22(24)26/h6-10,12-13,19H,3-5,11H2,1-2H3. The molecule has 27 heavy (non-hydrogen) atoms. The number of carbonyl (C=O) groups excluding carboxylic acids is 1. The Bertz CT molecular complexity index is 1060. The lowest BCUT2D eigenvalue weighted by molar-refractivity contribution is 0.0725. The number of fused-ring (bicyclic) bond motifs is 2. The van der Waals surface area contributed by atoms with Crippen LogP contribution in [0, 0.1) is 0 Å². The van der Waals surface area contributed by atoms with Crippen LogP contribution < -0.4 is 5.43 Å². The number of pyridine rings is 1. The molecule has 0 N–H and O–H groups in total. The molecule has 5 heteroatoms. The fourth-order valence-electron chi connectivity index (χ4n) is 3.73. The molecule has 2 aromatic heterocycles. The molecule has 1 amide bonds. The Labute approximate surface area is 157 Å². The van der Waals surface area contributed by atoms with Gasteiger partial charge >= 0.3 is 0 Å². The van der Waals surface area contributed by atoms with Crippen LogP contribution in [0.2, 0.25) is 0 Å². The summed E-state index contributed by atoms with van der Waals surface area (Å²) in [5, 5.41) is 0.534. The number of unbranched alkanes of at least 4 members (excludes halogenated alkanes) is 1. The molecule has 3 heterocycles. The van der Waals surface area contributed by atoms with Crippen molar-refractivity contribution in [3.63, 3.8) is 0 Å². The first kappa shape index (κ1) is 17.5. The first-order valence-corrected chi connectivity index (χ1v) is 9.46. The zero-order valence-electron chi connectivity index (χ0n) is 15.6. The van der Waals surface area contributed by atoms with Crippen molar-refractivity contribution in [1.29, 1.82) is 0 Å². The Morgan fingerprint density at radius 2 is 2.04 bits per heavy atom. The fraction of sp³-hybridized carbons (Fsp3) is 0.318. The van der Waals surface area contributed by atoms with Gasteiger partial charge in [0.05, 0.1) is 17.0 Å². The number of benzene rings is 1. The van der Waals surface area contributed by atoms with Gasteiger partial charge in [-0.05, 0) is 42.2 Å². The number of carbonyl (C=O) groups is 1. The van der Waals surface area contributed by atoms with Gasteiger partial charge in [0.25, 0.3) is 5.91 Å². The maximum absolute atomic E-state index is 13.4. The van der Waals surface area contributed by atoms with Crippen LogP contribution in [-0.4, -0.2) is 22.3 Å². The lowest BCUT2D eigenvalue weighted by Gasteiger charge is -2.24. The van der Waals surface area contributed by atoms with Crippen LogP contribution in [-0.2, 0) is 6.42 Å². The SMILES string of the molecule is CCCCN1C(=O)c2oc3ccc(CC)cc3c(=O)c2C1c1cccnc1. The summed E-state index contributed by atoms with van der Waals surface area (Å²) >= 11 is 0. The molecule has 0 fully saturated rings. The normalized spacial score (nSPS) is 16.1. The summed E-state index contributed by atoms with van der Waals surface area (Å²) in [6, 6.07) is 8.89. The molecule has 4 rings (SSSR count). The predicted octanol–water partition coefficient (Wildman–Crippen LogP) is 4.10. The van der Waals surface area contributed by atoms with E-state index < -0.39 is 6.04 Å². The maximum Gasteiger partial charge on any atom is 0.290 e. The Balaban J connectivity index is 1.97. The highest BCUT2D eigenvalue weighted by Crippen LogP contribution is 2.38. The molecular weight excluding hydrogens is 340 g/mol. The molecule has 1 aliphatic rings. The highest BCUT2D eigenvalue weighted by molar-refractivity contribution is 5.99. The van der Waals surface area contributed by atoms with E-state index >= 15 is 0 Å². The number of amides is 1. The van der Waals surface area contributed by atoms with Crippen LogP contribution >= 0.6 is 0 Å². The molecule has 1 unspecified atom stereocenters. The Morgan fingerprint density at radius 3 is 2.74 bits per heavy atom. The monoisotopic (exact) mass is 362 g/mol. The summed E-state index contributed by atoms with van der Waals surface area (Å²) in [6.45, 7) is 4.70. The van der Waals surface area contributed by atoms with Gasteiger partial charge in [-0.25, -0.2) is 0 Å². The topological polar surface area (TPSA) is 63.4 Å². The third-order valence-corrected chi connectivity index (χ3v) is 5.19. The minimum Gasteiger partial charge on any atom is -0.450 e. The molecule has 0 radical (unpaired) electrons. The molecule has 1 aliphatic heterocycles. The minimum absolute atomic E-state index is 0.122. The molecule has 0 aliphatic carbocycles. The van der Waals surface area contributed by atoms with Crippen molar-refractivity contribution in [2.75, 3.05) is 6.54 Å². The first-order chi connectivity index (χ1) is 13.2. The Kier molecular flexibility index (Phi) is 4.52. The zero-order valence-corrected chi connectivity index (χ0v) is 15.6. The average molecular weight is 362 g/mol. The zero-order chi connectivity index (χ0) is 19.0. The molecule has 0 saturated heterocycles. The molecule has 0 saturated carbocycles. The largest absolute Gasteiger partial charge is 0.450 e. The van der Waals surface area contributed by atoms with E-state index in [0.29, 0.717) is 23.1 Å². The van der Waals surface area contributed by atoms with Gasteiger partial charge in [-0.2, -0.15) is 0 Å². The van der Waals surface area contributed by atoms with Gasteiger partial charge in [-0.1, -0.05) is 32.4 Å². The van der Waals surface area contributed by atoms with Crippen LogP contribution in [0.15, 0.2) is 51.9 Å². The highest BCUT2D eigenvalue weighted by Gasteiger charge is 2.42. The molecule has 3 aromatic rings. The van der Waals surface area contributed by atoms with Crippen molar-refractivity contribution in [1.82, 2.24) is 9.88 Å². The summed E-state index contributed by atoms with van der Waals surface area (Å²) in [6.07, 6.45) is 6.07. The van der Waals surface area contributed by atoms with Gasteiger partial charge in [0, 0.05) is 18.9 Å². The fourth-order valence-corrected chi connectivity index (χ4v) is 3.73. The van der Waals surface area contributed by atoms with Crippen molar-refractivity contribution >= 4 is 16.9 Å².